The summed E-state index contributed by atoms with van der Waals surface area (Å²) in [6.07, 6.45) is 2.79. The Kier molecular flexibility index (Phi) is 4.16. The largest absolute Gasteiger partial charge is 0.395 e. The molecule has 0 amide bonds. The normalized spacial score (nSPS) is 35.1. The molecule has 0 aliphatic carbocycles. The molecule has 0 aromatic carbocycles. The van der Waals surface area contributed by atoms with Crippen molar-refractivity contribution in [2.24, 2.45) is 0 Å². The highest BCUT2D eigenvalue weighted by Gasteiger charge is 2.41. The first-order valence-corrected chi connectivity index (χ1v) is 5.97. The topological polar surface area (TPSA) is 71.0 Å². The van der Waals surface area contributed by atoms with Crippen LogP contribution in [0.25, 0.3) is 0 Å². The zero-order chi connectivity index (χ0) is 11.4. The van der Waals surface area contributed by atoms with Gasteiger partial charge in [0.25, 0.3) is 0 Å². The molecule has 0 saturated carbocycles. The van der Waals surface area contributed by atoms with E-state index >= 15 is 0 Å². The minimum atomic E-state index is -0.220. The fourth-order valence-electron chi connectivity index (χ4n) is 2.53. The van der Waals surface area contributed by atoms with E-state index in [0.29, 0.717) is 12.6 Å². The van der Waals surface area contributed by atoms with E-state index < -0.39 is 0 Å². The Bertz CT molecular complexity index is 214. The molecule has 0 aromatic heterocycles. The molecule has 2 aliphatic rings. The van der Waals surface area contributed by atoms with Crippen LogP contribution in [0.15, 0.2) is 0 Å². The molecule has 1 spiro atoms. The van der Waals surface area contributed by atoms with Crippen LogP contribution >= 0.6 is 0 Å². The molecular weight excluding hydrogens is 210 g/mol. The highest BCUT2D eigenvalue weighted by molar-refractivity contribution is 4.93. The van der Waals surface area contributed by atoms with E-state index in [1.54, 1.807) is 0 Å². The van der Waals surface area contributed by atoms with E-state index in [0.717, 1.165) is 32.5 Å². The standard InChI is InChI=1S/C11H21NO4/c13-6-10(7-14)12-9-1-3-16-11(5-9)2-4-15-8-11/h9-10,12-14H,1-8H2. The lowest BCUT2D eigenvalue weighted by Gasteiger charge is -2.38. The molecule has 5 heteroatoms. The van der Waals surface area contributed by atoms with Crippen LogP contribution in [0.1, 0.15) is 19.3 Å². The molecule has 2 aliphatic heterocycles. The Morgan fingerprint density at radius 2 is 2.12 bits per heavy atom. The van der Waals surface area contributed by atoms with E-state index in [1.165, 1.54) is 0 Å². The van der Waals surface area contributed by atoms with Gasteiger partial charge in [-0.05, 0) is 12.8 Å². The average molecular weight is 231 g/mol. The van der Waals surface area contributed by atoms with Gasteiger partial charge in [-0.1, -0.05) is 0 Å². The van der Waals surface area contributed by atoms with Gasteiger partial charge in [0.2, 0.25) is 0 Å². The molecule has 5 nitrogen and oxygen atoms in total. The number of ether oxygens (including phenoxy) is 2. The second-order valence-corrected chi connectivity index (χ2v) is 4.75. The van der Waals surface area contributed by atoms with E-state index in [1.807, 2.05) is 0 Å². The van der Waals surface area contributed by atoms with Gasteiger partial charge >= 0.3 is 0 Å². The Hall–Kier alpha value is -0.200. The number of aliphatic hydroxyl groups is 2. The lowest BCUT2D eigenvalue weighted by molar-refractivity contribution is -0.0914. The molecule has 2 rings (SSSR count). The predicted molar refractivity (Wildman–Crippen MR) is 58.2 cm³/mol. The molecular formula is C11H21NO4. The van der Waals surface area contributed by atoms with E-state index in [-0.39, 0.29) is 24.9 Å². The number of nitrogens with one attached hydrogen (secondary N) is 1. The van der Waals surface area contributed by atoms with Gasteiger partial charge in [0.15, 0.2) is 0 Å². The zero-order valence-corrected chi connectivity index (χ0v) is 9.52. The molecule has 94 valence electrons. The van der Waals surface area contributed by atoms with Crippen molar-refractivity contribution in [1.82, 2.24) is 5.32 Å². The monoisotopic (exact) mass is 231 g/mol. The van der Waals surface area contributed by atoms with Crippen LogP contribution in [0.5, 0.6) is 0 Å². The molecule has 2 unspecified atom stereocenters. The SMILES string of the molecule is OCC(CO)NC1CCOC2(CCOC2)C1. The summed E-state index contributed by atoms with van der Waals surface area (Å²) in [4.78, 5) is 0. The maximum Gasteiger partial charge on any atom is 0.0951 e. The summed E-state index contributed by atoms with van der Waals surface area (Å²) in [6.45, 7) is 2.11. The Labute approximate surface area is 95.7 Å². The number of aliphatic hydroxyl groups excluding tert-OH is 2. The summed E-state index contributed by atoms with van der Waals surface area (Å²) in [5.74, 6) is 0. The molecule has 2 atom stereocenters. The van der Waals surface area contributed by atoms with Crippen molar-refractivity contribution in [3.05, 3.63) is 0 Å². The van der Waals surface area contributed by atoms with Crippen LogP contribution in [0, 0.1) is 0 Å². The third-order valence-electron chi connectivity index (χ3n) is 3.47. The van der Waals surface area contributed by atoms with Crippen LogP contribution in [-0.4, -0.2) is 60.9 Å². The molecule has 3 N–H and O–H groups in total. The van der Waals surface area contributed by atoms with Gasteiger partial charge in [0.05, 0.1) is 31.5 Å². The van der Waals surface area contributed by atoms with Crippen molar-refractivity contribution in [1.29, 1.82) is 0 Å². The van der Waals surface area contributed by atoms with Crippen LogP contribution in [-0.2, 0) is 9.47 Å². The van der Waals surface area contributed by atoms with E-state index in [9.17, 15) is 0 Å². The zero-order valence-electron chi connectivity index (χ0n) is 9.52. The lowest BCUT2D eigenvalue weighted by Crippen LogP contribution is -2.51. The summed E-state index contributed by atoms with van der Waals surface area (Å²) < 4.78 is 11.2. The summed E-state index contributed by atoms with van der Waals surface area (Å²) >= 11 is 0. The highest BCUT2D eigenvalue weighted by atomic mass is 16.6. The maximum absolute atomic E-state index is 9.04. The second kappa shape index (κ2) is 5.42. The predicted octanol–water partition coefficient (Wildman–Crippen LogP) is -0.733. The average Bonchev–Trinajstić information content (AvgIpc) is 2.74. The van der Waals surface area contributed by atoms with Gasteiger partial charge < -0.3 is 25.0 Å². The summed E-state index contributed by atoms with van der Waals surface area (Å²) in [7, 11) is 0. The van der Waals surface area contributed by atoms with Crippen molar-refractivity contribution in [2.75, 3.05) is 33.0 Å². The third kappa shape index (κ3) is 2.73. The first-order chi connectivity index (χ1) is 7.78. The third-order valence-corrected chi connectivity index (χ3v) is 3.47. The Morgan fingerprint density at radius 3 is 2.75 bits per heavy atom. The van der Waals surface area contributed by atoms with Gasteiger partial charge in [0.1, 0.15) is 0 Å². The van der Waals surface area contributed by atoms with Crippen molar-refractivity contribution < 1.29 is 19.7 Å². The molecule has 0 radical (unpaired) electrons. The van der Waals surface area contributed by atoms with Crippen LogP contribution in [0.2, 0.25) is 0 Å². The van der Waals surface area contributed by atoms with Crippen molar-refractivity contribution in [3.8, 4) is 0 Å². The first kappa shape index (κ1) is 12.3. The minimum absolute atomic E-state index is 0.0304. The number of hydrogen-bond acceptors (Lipinski definition) is 5. The fourth-order valence-corrected chi connectivity index (χ4v) is 2.53. The first-order valence-electron chi connectivity index (χ1n) is 5.97. The number of hydrogen-bond donors (Lipinski definition) is 3. The molecule has 2 heterocycles. The smallest absolute Gasteiger partial charge is 0.0951 e. The molecule has 0 bridgehead atoms. The van der Waals surface area contributed by atoms with Crippen molar-refractivity contribution >= 4 is 0 Å². The molecule has 16 heavy (non-hydrogen) atoms. The van der Waals surface area contributed by atoms with E-state index in [4.69, 9.17) is 19.7 Å². The van der Waals surface area contributed by atoms with Crippen LogP contribution in [0.4, 0.5) is 0 Å². The number of rotatable bonds is 4. The van der Waals surface area contributed by atoms with Gasteiger partial charge in [-0.2, -0.15) is 0 Å². The minimum Gasteiger partial charge on any atom is -0.395 e. The lowest BCUT2D eigenvalue weighted by atomic mass is 9.89. The summed E-state index contributed by atoms with van der Waals surface area (Å²) in [5, 5.41) is 21.3. The molecule has 2 saturated heterocycles. The summed E-state index contributed by atoms with van der Waals surface area (Å²) in [6, 6.07) is 0.0854. The van der Waals surface area contributed by atoms with Crippen molar-refractivity contribution in [3.63, 3.8) is 0 Å². The van der Waals surface area contributed by atoms with Gasteiger partial charge in [-0.15, -0.1) is 0 Å². The van der Waals surface area contributed by atoms with Gasteiger partial charge in [0, 0.05) is 25.7 Å². The van der Waals surface area contributed by atoms with Gasteiger partial charge in [-0.3, -0.25) is 0 Å². The van der Waals surface area contributed by atoms with Crippen LogP contribution < -0.4 is 5.32 Å². The van der Waals surface area contributed by atoms with Crippen molar-refractivity contribution in [2.45, 2.75) is 36.9 Å². The Morgan fingerprint density at radius 1 is 1.31 bits per heavy atom. The quantitative estimate of drug-likeness (QED) is 0.595. The summed E-state index contributed by atoms with van der Waals surface area (Å²) in [5.41, 5.74) is -0.120. The molecule has 2 fully saturated rings. The second-order valence-electron chi connectivity index (χ2n) is 4.75. The fraction of sp³-hybridized carbons (Fsp3) is 1.00. The maximum atomic E-state index is 9.04. The van der Waals surface area contributed by atoms with Gasteiger partial charge in [-0.25, -0.2) is 0 Å². The van der Waals surface area contributed by atoms with Crippen LogP contribution in [0.3, 0.4) is 0 Å². The van der Waals surface area contributed by atoms with E-state index in [2.05, 4.69) is 5.32 Å². The highest BCUT2D eigenvalue weighted by Crippen LogP contribution is 2.32. The Balaban J connectivity index is 1.86. The molecule has 0 aromatic rings.